The van der Waals surface area contributed by atoms with Crippen LogP contribution in [0, 0.1) is 0 Å². The van der Waals surface area contributed by atoms with E-state index in [1.165, 1.54) is 14.2 Å². The Morgan fingerprint density at radius 2 is 1.87 bits per heavy atom. The van der Waals surface area contributed by atoms with Crippen molar-refractivity contribution in [1.29, 1.82) is 0 Å². The van der Waals surface area contributed by atoms with Crippen LogP contribution < -0.4 is 10.1 Å². The molecule has 0 saturated heterocycles. The van der Waals surface area contributed by atoms with Crippen LogP contribution >= 0.6 is 0 Å². The average Bonchev–Trinajstić information content (AvgIpc) is 2.59. The van der Waals surface area contributed by atoms with Gasteiger partial charge in [-0.05, 0) is 29.8 Å². The number of carbonyl (C=O) groups is 1. The molecule has 0 aliphatic rings. The maximum atomic E-state index is 12.0. The van der Waals surface area contributed by atoms with E-state index in [4.69, 9.17) is 9.57 Å². The van der Waals surface area contributed by atoms with E-state index in [2.05, 4.69) is 10.5 Å². The molecule has 23 heavy (non-hydrogen) atoms. The minimum Gasteiger partial charge on any atom is -0.508 e. The first-order valence-corrected chi connectivity index (χ1v) is 6.99. The Bertz CT molecular complexity index is 696. The van der Waals surface area contributed by atoms with Gasteiger partial charge in [-0.2, -0.15) is 0 Å². The number of hydrogen-bond acceptors (Lipinski definition) is 5. The standard InChI is InChI=1S/C17H18N2O4/c1-18-17(21)16(19-22-2)15-6-4-3-5-12(15)11-23-14-9-7-13(20)8-10-14/h3-10,20H,11H2,1-2H3,(H,18,21)/b19-16+. The Balaban J connectivity index is 2.24. The van der Waals surface area contributed by atoms with E-state index in [0.29, 0.717) is 11.3 Å². The third-order valence-corrected chi connectivity index (χ3v) is 3.13. The number of phenolic OH excluding ortho intramolecular Hbond substituents is 1. The van der Waals surface area contributed by atoms with Crippen LogP contribution in [0.15, 0.2) is 53.7 Å². The fraction of sp³-hybridized carbons (Fsp3) is 0.176. The van der Waals surface area contributed by atoms with Gasteiger partial charge in [0.1, 0.15) is 25.2 Å². The van der Waals surface area contributed by atoms with Gasteiger partial charge in [0.25, 0.3) is 5.91 Å². The Kier molecular flexibility index (Phi) is 5.57. The first-order valence-electron chi connectivity index (χ1n) is 6.99. The lowest BCUT2D eigenvalue weighted by Gasteiger charge is -2.12. The molecule has 6 heteroatoms. The topological polar surface area (TPSA) is 80.2 Å². The molecular formula is C17H18N2O4. The maximum Gasteiger partial charge on any atom is 0.273 e. The molecule has 1 amide bonds. The van der Waals surface area contributed by atoms with Crippen LogP contribution in [0.4, 0.5) is 0 Å². The zero-order valence-corrected chi connectivity index (χ0v) is 12.9. The van der Waals surface area contributed by atoms with Gasteiger partial charge in [-0.3, -0.25) is 4.79 Å². The number of amides is 1. The number of nitrogens with one attached hydrogen (secondary N) is 1. The molecule has 120 valence electrons. The summed E-state index contributed by atoms with van der Waals surface area (Å²) in [6, 6.07) is 13.7. The van der Waals surface area contributed by atoms with E-state index in [1.54, 1.807) is 30.3 Å². The van der Waals surface area contributed by atoms with Gasteiger partial charge in [0.15, 0.2) is 5.71 Å². The summed E-state index contributed by atoms with van der Waals surface area (Å²) in [5, 5.41) is 15.6. The zero-order chi connectivity index (χ0) is 16.7. The van der Waals surface area contributed by atoms with Gasteiger partial charge < -0.3 is 20.0 Å². The van der Waals surface area contributed by atoms with Crippen LogP contribution in [-0.2, 0) is 16.2 Å². The summed E-state index contributed by atoms with van der Waals surface area (Å²) in [6.45, 7) is 0.251. The van der Waals surface area contributed by atoms with Crippen LogP contribution in [0.5, 0.6) is 11.5 Å². The normalized spacial score (nSPS) is 11.0. The lowest BCUT2D eigenvalue weighted by molar-refractivity contribution is -0.114. The van der Waals surface area contributed by atoms with E-state index in [0.717, 1.165) is 5.56 Å². The van der Waals surface area contributed by atoms with Crippen LogP contribution in [0.25, 0.3) is 0 Å². The van der Waals surface area contributed by atoms with Gasteiger partial charge >= 0.3 is 0 Å². The second-order valence-corrected chi connectivity index (χ2v) is 4.64. The van der Waals surface area contributed by atoms with Gasteiger partial charge in [0.05, 0.1) is 0 Å². The van der Waals surface area contributed by atoms with Crippen molar-refractivity contribution in [1.82, 2.24) is 5.32 Å². The molecule has 0 spiro atoms. The summed E-state index contributed by atoms with van der Waals surface area (Å²) >= 11 is 0. The van der Waals surface area contributed by atoms with Crippen molar-refractivity contribution in [3.63, 3.8) is 0 Å². The minimum absolute atomic E-state index is 0.173. The summed E-state index contributed by atoms with van der Waals surface area (Å²) in [6.07, 6.45) is 0. The highest BCUT2D eigenvalue weighted by Gasteiger charge is 2.17. The first-order chi connectivity index (χ1) is 11.2. The Hall–Kier alpha value is -3.02. The van der Waals surface area contributed by atoms with Crippen molar-refractivity contribution in [2.24, 2.45) is 5.16 Å². The van der Waals surface area contributed by atoms with E-state index < -0.39 is 0 Å². The third-order valence-electron chi connectivity index (χ3n) is 3.13. The fourth-order valence-electron chi connectivity index (χ4n) is 2.00. The number of nitrogens with zero attached hydrogens (tertiary/aromatic N) is 1. The Morgan fingerprint density at radius 1 is 1.17 bits per heavy atom. The van der Waals surface area contributed by atoms with E-state index >= 15 is 0 Å². The van der Waals surface area contributed by atoms with Crippen LogP contribution in [0.3, 0.4) is 0 Å². The molecular weight excluding hydrogens is 296 g/mol. The summed E-state index contributed by atoms with van der Waals surface area (Å²) in [5.74, 6) is 0.443. The zero-order valence-electron chi connectivity index (χ0n) is 12.9. The smallest absolute Gasteiger partial charge is 0.273 e. The highest BCUT2D eigenvalue weighted by Crippen LogP contribution is 2.19. The molecule has 2 aromatic carbocycles. The summed E-state index contributed by atoms with van der Waals surface area (Å²) in [7, 11) is 2.92. The molecule has 0 bridgehead atoms. The SMILES string of the molecule is CNC(=O)/C(=N/OC)c1ccccc1COc1ccc(O)cc1. The molecule has 0 unspecified atom stereocenters. The van der Waals surface area contributed by atoms with E-state index in [9.17, 15) is 9.90 Å². The third kappa shape index (κ3) is 4.23. The van der Waals surface area contributed by atoms with Crippen LogP contribution in [-0.4, -0.2) is 30.9 Å². The quantitative estimate of drug-likeness (QED) is 0.632. The number of ether oxygens (including phenoxy) is 1. The molecule has 0 aliphatic carbocycles. The molecule has 0 aliphatic heterocycles. The monoisotopic (exact) mass is 314 g/mol. The maximum absolute atomic E-state index is 12.0. The van der Waals surface area contributed by atoms with Gasteiger partial charge in [-0.1, -0.05) is 29.4 Å². The molecule has 2 aromatic rings. The number of oxime groups is 1. The van der Waals surface area contributed by atoms with Gasteiger partial charge in [0, 0.05) is 12.6 Å². The summed E-state index contributed by atoms with van der Waals surface area (Å²) in [5.41, 5.74) is 1.60. The molecule has 0 saturated carbocycles. The van der Waals surface area contributed by atoms with E-state index in [1.807, 2.05) is 18.2 Å². The Labute approximate surface area is 134 Å². The second-order valence-electron chi connectivity index (χ2n) is 4.64. The number of likely N-dealkylation sites (N-methyl/N-ethyl adjacent to an activating group) is 1. The van der Waals surface area contributed by atoms with Crippen LogP contribution in [0.2, 0.25) is 0 Å². The van der Waals surface area contributed by atoms with Gasteiger partial charge in [0.2, 0.25) is 0 Å². The largest absolute Gasteiger partial charge is 0.508 e. The molecule has 0 atom stereocenters. The average molecular weight is 314 g/mol. The van der Waals surface area contributed by atoms with Crippen molar-refractivity contribution in [3.05, 3.63) is 59.7 Å². The number of aromatic hydroxyl groups is 1. The molecule has 0 fully saturated rings. The fourth-order valence-corrected chi connectivity index (χ4v) is 2.00. The molecule has 2 rings (SSSR count). The predicted molar refractivity (Wildman–Crippen MR) is 86.5 cm³/mol. The molecule has 0 aromatic heterocycles. The lowest BCUT2D eigenvalue weighted by atomic mass is 10.0. The predicted octanol–water partition coefficient (Wildman–Crippen LogP) is 2.07. The highest BCUT2D eigenvalue weighted by molar-refractivity contribution is 6.45. The molecule has 0 heterocycles. The van der Waals surface area contributed by atoms with Crippen molar-refractivity contribution in [2.75, 3.05) is 14.2 Å². The van der Waals surface area contributed by atoms with Gasteiger partial charge in [-0.15, -0.1) is 0 Å². The molecule has 2 N–H and O–H groups in total. The number of phenols is 1. The number of rotatable bonds is 6. The molecule has 0 radical (unpaired) electrons. The highest BCUT2D eigenvalue weighted by atomic mass is 16.6. The molecule has 6 nitrogen and oxygen atoms in total. The van der Waals surface area contributed by atoms with Crippen LogP contribution in [0.1, 0.15) is 11.1 Å². The summed E-state index contributed by atoms with van der Waals surface area (Å²) < 4.78 is 5.69. The van der Waals surface area contributed by atoms with Crippen molar-refractivity contribution in [2.45, 2.75) is 6.61 Å². The minimum atomic E-state index is -0.344. The van der Waals surface area contributed by atoms with Crippen molar-refractivity contribution in [3.8, 4) is 11.5 Å². The lowest BCUT2D eigenvalue weighted by Crippen LogP contribution is -2.29. The number of benzene rings is 2. The number of carbonyl (C=O) groups excluding carboxylic acids is 1. The second kappa shape index (κ2) is 7.84. The van der Waals surface area contributed by atoms with Crippen molar-refractivity contribution < 1.29 is 19.5 Å². The summed E-state index contributed by atoms with van der Waals surface area (Å²) in [4.78, 5) is 16.7. The van der Waals surface area contributed by atoms with Gasteiger partial charge in [-0.25, -0.2) is 0 Å². The first kappa shape index (κ1) is 16.4. The Morgan fingerprint density at radius 3 is 2.52 bits per heavy atom. The van der Waals surface area contributed by atoms with Crippen molar-refractivity contribution >= 4 is 11.6 Å². The number of hydrogen-bond donors (Lipinski definition) is 2. The van der Waals surface area contributed by atoms with E-state index in [-0.39, 0.29) is 24.0 Å².